The lowest BCUT2D eigenvalue weighted by Gasteiger charge is -2.12. The number of hydrogen-bond acceptors (Lipinski definition) is 9. The molecule has 166 valence electrons. The van der Waals surface area contributed by atoms with E-state index in [2.05, 4.69) is 32.5 Å². The maximum absolute atomic E-state index is 12.4. The summed E-state index contributed by atoms with van der Waals surface area (Å²) in [5, 5.41) is 16.8. The first-order valence-electron chi connectivity index (χ1n) is 10.2. The quantitative estimate of drug-likeness (QED) is 0.211. The zero-order chi connectivity index (χ0) is 22.9. The number of nitrogens with zero attached hydrogens (tertiary/aromatic N) is 4. The summed E-state index contributed by atoms with van der Waals surface area (Å²) in [7, 11) is 0. The summed E-state index contributed by atoms with van der Waals surface area (Å²) in [5.41, 5.74) is 2.71. The van der Waals surface area contributed by atoms with Gasteiger partial charge < -0.3 is 15.4 Å². The summed E-state index contributed by atoms with van der Waals surface area (Å²) in [5.74, 6) is 0.415. The molecule has 0 amide bonds. The molecule has 0 spiro atoms. The van der Waals surface area contributed by atoms with Gasteiger partial charge in [-0.15, -0.1) is 0 Å². The van der Waals surface area contributed by atoms with Crippen LogP contribution >= 0.6 is 0 Å². The van der Waals surface area contributed by atoms with Gasteiger partial charge in [0, 0.05) is 30.9 Å². The van der Waals surface area contributed by atoms with E-state index >= 15 is 0 Å². The molecule has 2 heterocycles. The van der Waals surface area contributed by atoms with E-state index in [0.717, 1.165) is 12.0 Å². The molecule has 3 aromatic rings. The van der Waals surface area contributed by atoms with Crippen molar-refractivity contribution in [3.05, 3.63) is 70.0 Å². The summed E-state index contributed by atoms with van der Waals surface area (Å²) in [6.07, 6.45) is 3.57. The van der Waals surface area contributed by atoms with Crippen LogP contribution in [0.3, 0.4) is 0 Å². The number of aryl methyl sites for hydroxylation is 1. The van der Waals surface area contributed by atoms with Gasteiger partial charge in [-0.05, 0) is 25.0 Å². The van der Waals surface area contributed by atoms with Gasteiger partial charge in [-0.1, -0.05) is 31.2 Å². The zero-order valence-corrected chi connectivity index (χ0v) is 17.9. The zero-order valence-electron chi connectivity index (χ0n) is 17.9. The number of ether oxygens (including phenoxy) is 1. The van der Waals surface area contributed by atoms with Crippen LogP contribution in [0.2, 0.25) is 0 Å². The Hall–Kier alpha value is -4.08. The molecule has 10 nitrogen and oxygen atoms in total. The van der Waals surface area contributed by atoms with Crippen LogP contribution in [0.4, 0.5) is 17.5 Å². The van der Waals surface area contributed by atoms with Crippen LogP contribution in [-0.4, -0.2) is 45.5 Å². The van der Waals surface area contributed by atoms with Crippen molar-refractivity contribution in [2.24, 2.45) is 0 Å². The van der Waals surface area contributed by atoms with Gasteiger partial charge in [0.25, 0.3) is 5.69 Å². The van der Waals surface area contributed by atoms with E-state index in [1.165, 1.54) is 24.0 Å². The number of carbonyl (C=O) groups excluding carboxylic acids is 1. The van der Waals surface area contributed by atoms with E-state index in [9.17, 15) is 14.9 Å². The maximum Gasteiger partial charge on any atom is 0.341 e. The number of esters is 1. The predicted molar refractivity (Wildman–Crippen MR) is 121 cm³/mol. The molecule has 0 fully saturated rings. The molecule has 2 N–H and O–H groups in total. The highest BCUT2D eigenvalue weighted by atomic mass is 16.6. The number of rotatable bonds is 10. The van der Waals surface area contributed by atoms with Crippen LogP contribution < -0.4 is 10.6 Å². The summed E-state index contributed by atoms with van der Waals surface area (Å²) >= 11 is 0. The first-order chi connectivity index (χ1) is 15.5. The number of hydrogen-bond donors (Lipinski definition) is 2. The number of nitrogens with one attached hydrogen (secondary N) is 2. The highest BCUT2D eigenvalue weighted by molar-refractivity contribution is 5.96. The lowest BCUT2D eigenvalue weighted by molar-refractivity contribution is -0.385. The number of nitro groups is 1. The fourth-order valence-corrected chi connectivity index (χ4v) is 2.91. The minimum atomic E-state index is -0.497. The van der Waals surface area contributed by atoms with E-state index in [4.69, 9.17) is 4.74 Å². The van der Waals surface area contributed by atoms with E-state index in [-0.39, 0.29) is 12.3 Å². The van der Waals surface area contributed by atoms with Crippen molar-refractivity contribution in [3.63, 3.8) is 0 Å². The Labute approximate surface area is 185 Å². The monoisotopic (exact) mass is 436 g/mol. The van der Waals surface area contributed by atoms with Gasteiger partial charge in [0.1, 0.15) is 17.6 Å². The van der Waals surface area contributed by atoms with Crippen molar-refractivity contribution in [1.82, 2.24) is 15.0 Å². The molecule has 10 heteroatoms. The third kappa shape index (κ3) is 5.75. The van der Waals surface area contributed by atoms with Crippen molar-refractivity contribution < 1.29 is 14.5 Å². The minimum Gasteiger partial charge on any atom is -0.462 e. The SMILES string of the molecule is CCOC(=O)c1cnc(NCCNc2ccc([N+](=O)[O-])cn2)nc1-c1ccc(CC)cc1. The first-order valence-corrected chi connectivity index (χ1v) is 10.2. The Kier molecular flexibility index (Phi) is 7.63. The Morgan fingerprint density at radius 2 is 1.78 bits per heavy atom. The smallest absolute Gasteiger partial charge is 0.341 e. The number of anilines is 2. The van der Waals surface area contributed by atoms with Crippen LogP contribution in [0.15, 0.2) is 48.8 Å². The topological polar surface area (TPSA) is 132 Å². The second-order valence-corrected chi connectivity index (χ2v) is 6.74. The molecule has 0 aliphatic heterocycles. The van der Waals surface area contributed by atoms with Crippen molar-refractivity contribution in [2.75, 3.05) is 30.3 Å². The molecule has 3 rings (SSSR count). The van der Waals surface area contributed by atoms with Crippen LogP contribution in [0.5, 0.6) is 0 Å². The second kappa shape index (κ2) is 10.8. The normalized spacial score (nSPS) is 10.4. The number of carbonyl (C=O) groups is 1. The fraction of sp³-hybridized carbons (Fsp3) is 0.273. The van der Waals surface area contributed by atoms with Crippen LogP contribution in [0.25, 0.3) is 11.3 Å². The van der Waals surface area contributed by atoms with E-state index in [0.29, 0.717) is 36.1 Å². The largest absolute Gasteiger partial charge is 0.462 e. The molecule has 0 radical (unpaired) electrons. The fourth-order valence-electron chi connectivity index (χ4n) is 2.91. The summed E-state index contributed by atoms with van der Waals surface area (Å²) < 4.78 is 5.15. The first kappa shape index (κ1) is 22.6. The number of pyridine rings is 1. The summed E-state index contributed by atoms with van der Waals surface area (Å²) in [4.78, 5) is 35.3. The van der Waals surface area contributed by atoms with Gasteiger partial charge in [0.15, 0.2) is 0 Å². The standard InChI is InChI=1S/C22H24N6O4/c1-3-15-5-7-16(8-6-15)20-18(21(29)32-4-2)14-26-22(27-20)24-12-11-23-19-10-9-17(13-25-19)28(30)31/h5-10,13-14H,3-4,11-12H2,1-2H3,(H,23,25)(H,24,26,27). The Bertz CT molecular complexity index is 1070. The molecule has 0 saturated heterocycles. The molecule has 0 aliphatic carbocycles. The minimum absolute atomic E-state index is 0.0664. The molecular weight excluding hydrogens is 412 g/mol. The van der Waals surface area contributed by atoms with Crippen LogP contribution in [-0.2, 0) is 11.2 Å². The Balaban J connectivity index is 1.69. The molecule has 1 aromatic carbocycles. The summed E-state index contributed by atoms with van der Waals surface area (Å²) in [6.45, 7) is 5.03. The second-order valence-electron chi connectivity index (χ2n) is 6.74. The van der Waals surface area contributed by atoms with E-state index < -0.39 is 10.9 Å². The van der Waals surface area contributed by atoms with Crippen molar-refractivity contribution in [3.8, 4) is 11.3 Å². The van der Waals surface area contributed by atoms with E-state index in [1.807, 2.05) is 24.3 Å². The molecule has 0 saturated carbocycles. The number of aromatic nitrogens is 3. The van der Waals surface area contributed by atoms with Gasteiger partial charge in [0.2, 0.25) is 5.95 Å². The molecule has 2 aromatic heterocycles. The Morgan fingerprint density at radius 3 is 2.41 bits per heavy atom. The molecule has 0 atom stereocenters. The van der Waals surface area contributed by atoms with Gasteiger partial charge >= 0.3 is 5.97 Å². The highest BCUT2D eigenvalue weighted by Crippen LogP contribution is 2.24. The average molecular weight is 436 g/mol. The van der Waals surface area contributed by atoms with Crippen molar-refractivity contribution in [1.29, 1.82) is 0 Å². The van der Waals surface area contributed by atoms with Gasteiger partial charge in [-0.3, -0.25) is 10.1 Å². The highest BCUT2D eigenvalue weighted by Gasteiger charge is 2.17. The summed E-state index contributed by atoms with van der Waals surface area (Å²) in [6, 6.07) is 10.8. The van der Waals surface area contributed by atoms with Crippen molar-refractivity contribution >= 4 is 23.4 Å². The maximum atomic E-state index is 12.4. The van der Waals surface area contributed by atoms with Gasteiger partial charge in [-0.2, -0.15) is 0 Å². The Morgan fingerprint density at radius 1 is 1.03 bits per heavy atom. The molecule has 0 aliphatic rings. The molecule has 0 unspecified atom stereocenters. The third-order valence-corrected chi connectivity index (χ3v) is 4.59. The molecule has 0 bridgehead atoms. The van der Waals surface area contributed by atoms with Gasteiger partial charge in [0.05, 0.1) is 17.2 Å². The average Bonchev–Trinajstić information content (AvgIpc) is 2.82. The van der Waals surface area contributed by atoms with Crippen LogP contribution in [0, 0.1) is 10.1 Å². The lowest BCUT2D eigenvalue weighted by atomic mass is 10.0. The number of benzene rings is 1. The van der Waals surface area contributed by atoms with Crippen molar-refractivity contribution in [2.45, 2.75) is 20.3 Å². The van der Waals surface area contributed by atoms with Gasteiger partial charge in [-0.25, -0.2) is 19.7 Å². The predicted octanol–water partition coefficient (Wildman–Crippen LogP) is 3.71. The molecular formula is C22H24N6O4. The molecule has 32 heavy (non-hydrogen) atoms. The van der Waals surface area contributed by atoms with Crippen LogP contribution in [0.1, 0.15) is 29.8 Å². The third-order valence-electron chi connectivity index (χ3n) is 4.59. The lowest BCUT2D eigenvalue weighted by Crippen LogP contribution is -2.17. The van der Waals surface area contributed by atoms with E-state index in [1.54, 1.807) is 13.0 Å².